The van der Waals surface area contributed by atoms with Crippen LogP contribution in [0.2, 0.25) is 0 Å². The molecule has 0 nitrogen and oxygen atoms in total. The number of hydrogen-bond donors (Lipinski definition) is 0. The third-order valence-corrected chi connectivity index (χ3v) is 7.16. The highest BCUT2D eigenvalue weighted by Crippen LogP contribution is 2.41. The van der Waals surface area contributed by atoms with Crippen LogP contribution in [0.25, 0.3) is 0 Å². The fraction of sp³-hybridized carbons (Fsp3) is 0.400. The van der Waals surface area contributed by atoms with E-state index < -0.39 is 0 Å². The Kier molecular flexibility index (Phi) is 7.22. The molecule has 0 aromatic heterocycles. The summed E-state index contributed by atoms with van der Waals surface area (Å²) in [4.78, 5) is 0. The SMILES string of the molecule is CCCc1ccc(C2CCC(c3ccc(C[C@@H](C)c4ccccc4)cc3)CC2)cc1F. The minimum absolute atomic E-state index is 0.0122. The van der Waals surface area contributed by atoms with Crippen molar-refractivity contribution in [2.75, 3.05) is 0 Å². The molecule has 1 heteroatoms. The van der Waals surface area contributed by atoms with Crippen LogP contribution in [0.1, 0.15) is 91.5 Å². The van der Waals surface area contributed by atoms with Crippen molar-refractivity contribution >= 4 is 0 Å². The van der Waals surface area contributed by atoms with E-state index in [4.69, 9.17) is 0 Å². The second kappa shape index (κ2) is 10.3. The molecule has 1 aliphatic rings. The summed E-state index contributed by atoms with van der Waals surface area (Å²) in [7, 11) is 0. The van der Waals surface area contributed by atoms with Gasteiger partial charge in [-0.1, -0.05) is 87.0 Å². The largest absolute Gasteiger partial charge is 0.207 e. The Hall–Kier alpha value is -2.41. The second-order valence-corrected chi connectivity index (χ2v) is 9.41. The zero-order valence-corrected chi connectivity index (χ0v) is 19.0. The normalized spacial score (nSPS) is 19.8. The lowest BCUT2D eigenvalue weighted by Crippen LogP contribution is -2.12. The van der Waals surface area contributed by atoms with E-state index >= 15 is 0 Å². The Morgan fingerprint density at radius 1 is 0.806 bits per heavy atom. The zero-order valence-electron chi connectivity index (χ0n) is 19.0. The minimum atomic E-state index is -0.0122. The highest BCUT2D eigenvalue weighted by molar-refractivity contribution is 5.31. The van der Waals surface area contributed by atoms with E-state index in [1.165, 1.54) is 35.1 Å². The zero-order chi connectivity index (χ0) is 21.6. The maximum atomic E-state index is 14.4. The molecule has 0 saturated heterocycles. The molecular weight excluding hydrogens is 379 g/mol. The van der Waals surface area contributed by atoms with Crippen molar-refractivity contribution in [1.29, 1.82) is 0 Å². The standard InChI is InChI=1S/C30H35F/c1-3-7-28-18-19-29(21-30(28)31)27-16-14-26(15-17-27)25-12-10-23(11-13-25)20-22(2)24-8-5-4-6-9-24/h4-6,8-13,18-19,21-22,26-27H,3,7,14-17,20H2,1-2H3/t22-,26?,27?/m1/s1. The first-order chi connectivity index (χ1) is 15.1. The van der Waals surface area contributed by atoms with E-state index in [0.717, 1.165) is 37.7 Å². The molecule has 0 spiro atoms. The molecule has 3 aromatic rings. The smallest absolute Gasteiger partial charge is 0.126 e. The summed E-state index contributed by atoms with van der Waals surface area (Å²) in [6.45, 7) is 4.41. The molecular formula is C30H35F. The van der Waals surface area contributed by atoms with Crippen molar-refractivity contribution < 1.29 is 4.39 Å². The van der Waals surface area contributed by atoms with E-state index in [9.17, 15) is 4.39 Å². The van der Waals surface area contributed by atoms with Gasteiger partial charge < -0.3 is 0 Å². The van der Waals surface area contributed by atoms with Gasteiger partial charge in [-0.25, -0.2) is 4.39 Å². The summed E-state index contributed by atoms with van der Waals surface area (Å²) in [6.07, 6.45) is 7.61. The van der Waals surface area contributed by atoms with Crippen LogP contribution in [0.4, 0.5) is 4.39 Å². The van der Waals surface area contributed by atoms with Gasteiger partial charge in [-0.05, 0) is 90.2 Å². The second-order valence-electron chi connectivity index (χ2n) is 9.41. The van der Waals surface area contributed by atoms with Crippen LogP contribution in [0.3, 0.4) is 0 Å². The highest BCUT2D eigenvalue weighted by atomic mass is 19.1. The maximum absolute atomic E-state index is 14.4. The Morgan fingerprint density at radius 2 is 1.42 bits per heavy atom. The Morgan fingerprint density at radius 3 is 2.03 bits per heavy atom. The van der Waals surface area contributed by atoms with Crippen LogP contribution in [-0.4, -0.2) is 0 Å². The molecule has 1 fully saturated rings. The first-order valence-corrected chi connectivity index (χ1v) is 12.1. The summed E-state index contributed by atoms with van der Waals surface area (Å²) in [6, 6.07) is 26.1. The van der Waals surface area contributed by atoms with Gasteiger partial charge in [0.05, 0.1) is 0 Å². The Bertz CT molecular complexity index is 949. The van der Waals surface area contributed by atoms with E-state index in [2.05, 4.69) is 74.5 Å². The first-order valence-electron chi connectivity index (χ1n) is 12.1. The first kappa shape index (κ1) is 21.8. The molecule has 1 saturated carbocycles. The molecule has 31 heavy (non-hydrogen) atoms. The number of benzene rings is 3. The quantitative estimate of drug-likeness (QED) is 0.363. The average molecular weight is 415 g/mol. The fourth-order valence-corrected chi connectivity index (χ4v) is 5.23. The van der Waals surface area contributed by atoms with Crippen molar-refractivity contribution in [2.45, 2.75) is 76.5 Å². The van der Waals surface area contributed by atoms with E-state index in [0.29, 0.717) is 17.8 Å². The molecule has 0 heterocycles. The third kappa shape index (κ3) is 5.45. The molecule has 0 bridgehead atoms. The van der Waals surface area contributed by atoms with Crippen LogP contribution in [-0.2, 0) is 12.8 Å². The number of rotatable bonds is 7. The topological polar surface area (TPSA) is 0 Å². The van der Waals surface area contributed by atoms with Gasteiger partial charge in [0.1, 0.15) is 5.82 Å². The lowest BCUT2D eigenvalue weighted by Gasteiger charge is -2.29. The lowest BCUT2D eigenvalue weighted by molar-refractivity contribution is 0.395. The maximum Gasteiger partial charge on any atom is 0.126 e. The molecule has 0 amide bonds. The predicted octanol–water partition coefficient (Wildman–Crippen LogP) is 8.57. The van der Waals surface area contributed by atoms with Crippen LogP contribution in [0.5, 0.6) is 0 Å². The molecule has 1 atom stereocenters. The molecule has 1 aliphatic carbocycles. The lowest BCUT2D eigenvalue weighted by atomic mass is 9.76. The highest BCUT2D eigenvalue weighted by Gasteiger charge is 2.24. The molecule has 4 rings (SSSR count). The van der Waals surface area contributed by atoms with Crippen LogP contribution < -0.4 is 0 Å². The average Bonchev–Trinajstić information content (AvgIpc) is 2.82. The van der Waals surface area contributed by atoms with E-state index in [1.807, 2.05) is 6.07 Å². The van der Waals surface area contributed by atoms with E-state index in [1.54, 1.807) is 6.07 Å². The number of halogens is 1. The van der Waals surface area contributed by atoms with Crippen LogP contribution >= 0.6 is 0 Å². The molecule has 0 N–H and O–H groups in total. The number of hydrogen-bond acceptors (Lipinski definition) is 0. The van der Waals surface area contributed by atoms with Gasteiger partial charge in [0, 0.05) is 0 Å². The summed E-state index contributed by atoms with van der Waals surface area (Å²) >= 11 is 0. The fourth-order valence-electron chi connectivity index (χ4n) is 5.23. The molecule has 162 valence electrons. The Labute approximate surface area is 187 Å². The van der Waals surface area contributed by atoms with Crippen molar-refractivity contribution in [3.8, 4) is 0 Å². The third-order valence-electron chi connectivity index (χ3n) is 7.16. The number of aryl methyl sites for hydroxylation is 1. The molecule has 3 aromatic carbocycles. The van der Waals surface area contributed by atoms with Gasteiger partial charge >= 0.3 is 0 Å². The molecule has 0 unspecified atom stereocenters. The molecule has 0 aliphatic heterocycles. The van der Waals surface area contributed by atoms with Crippen molar-refractivity contribution in [3.63, 3.8) is 0 Å². The Balaban J connectivity index is 1.33. The van der Waals surface area contributed by atoms with Gasteiger partial charge in [0.25, 0.3) is 0 Å². The minimum Gasteiger partial charge on any atom is -0.207 e. The predicted molar refractivity (Wildman–Crippen MR) is 129 cm³/mol. The van der Waals surface area contributed by atoms with Gasteiger partial charge in [-0.15, -0.1) is 0 Å². The van der Waals surface area contributed by atoms with Gasteiger partial charge in [-0.2, -0.15) is 0 Å². The van der Waals surface area contributed by atoms with Gasteiger partial charge in [-0.3, -0.25) is 0 Å². The van der Waals surface area contributed by atoms with Crippen LogP contribution in [0, 0.1) is 5.82 Å². The van der Waals surface area contributed by atoms with Crippen molar-refractivity contribution in [3.05, 3.63) is 106 Å². The van der Waals surface area contributed by atoms with Crippen molar-refractivity contribution in [2.24, 2.45) is 0 Å². The van der Waals surface area contributed by atoms with Crippen LogP contribution in [0.15, 0.2) is 72.8 Å². The summed E-state index contributed by atoms with van der Waals surface area (Å²) in [5.74, 6) is 1.67. The monoisotopic (exact) mass is 414 g/mol. The summed E-state index contributed by atoms with van der Waals surface area (Å²) in [5.41, 5.74) is 6.35. The van der Waals surface area contributed by atoms with Gasteiger partial charge in [0.2, 0.25) is 0 Å². The van der Waals surface area contributed by atoms with Crippen molar-refractivity contribution in [1.82, 2.24) is 0 Å². The molecule has 0 radical (unpaired) electrons. The van der Waals surface area contributed by atoms with Gasteiger partial charge in [0.15, 0.2) is 0 Å². The summed E-state index contributed by atoms with van der Waals surface area (Å²) in [5, 5.41) is 0. The van der Waals surface area contributed by atoms with E-state index in [-0.39, 0.29) is 5.82 Å². The summed E-state index contributed by atoms with van der Waals surface area (Å²) < 4.78 is 14.4.